The van der Waals surface area contributed by atoms with E-state index in [2.05, 4.69) is 4.90 Å². The Kier molecular flexibility index (Phi) is 5.47. The molecular weight excluding hydrogens is 322 g/mol. The molecule has 1 aliphatic heterocycles. The van der Waals surface area contributed by atoms with Crippen molar-refractivity contribution >= 4 is 0 Å². The molecule has 0 radical (unpaired) electrons. The van der Waals surface area contributed by atoms with E-state index in [9.17, 15) is 13.9 Å². The summed E-state index contributed by atoms with van der Waals surface area (Å²) in [5.41, 5.74) is 6.06. The maximum Gasteiger partial charge on any atom is 0.270 e. The van der Waals surface area contributed by atoms with Crippen LogP contribution >= 0.6 is 0 Å². The molecule has 0 bridgehead atoms. The quantitative estimate of drug-likeness (QED) is 0.851. The van der Waals surface area contributed by atoms with E-state index in [1.54, 1.807) is 12.1 Å². The first-order valence-corrected chi connectivity index (χ1v) is 9.46. The van der Waals surface area contributed by atoms with E-state index in [1.807, 2.05) is 6.07 Å². The Morgan fingerprint density at radius 2 is 2.04 bits per heavy atom. The number of nitrogens with zero attached hydrogens (tertiary/aromatic N) is 1. The molecule has 0 amide bonds. The van der Waals surface area contributed by atoms with E-state index in [0.29, 0.717) is 6.54 Å². The number of alkyl halides is 2. The number of likely N-dealkylation sites (tertiary alicyclic amines) is 1. The van der Waals surface area contributed by atoms with Crippen LogP contribution in [-0.2, 0) is 5.92 Å². The number of rotatable bonds is 5. The molecule has 1 aliphatic carbocycles. The summed E-state index contributed by atoms with van der Waals surface area (Å²) in [5, 5.41) is 11.4. The van der Waals surface area contributed by atoms with Gasteiger partial charge in [0.05, 0.1) is 5.60 Å². The zero-order chi connectivity index (χ0) is 18.1. The SMILES string of the molecule is CC(F)(F)c1cccc(C(CN2CC[C@@H](N)C2)C2(O)CCCCC2)c1. The van der Waals surface area contributed by atoms with Crippen molar-refractivity contribution in [2.45, 2.75) is 68.9 Å². The molecule has 1 unspecified atom stereocenters. The van der Waals surface area contributed by atoms with Gasteiger partial charge in [-0.1, -0.05) is 37.5 Å². The average Bonchev–Trinajstić information content (AvgIpc) is 2.98. The predicted molar refractivity (Wildman–Crippen MR) is 95.8 cm³/mol. The lowest BCUT2D eigenvalue weighted by molar-refractivity contribution is -0.0298. The second kappa shape index (κ2) is 7.29. The van der Waals surface area contributed by atoms with E-state index in [1.165, 1.54) is 6.07 Å². The average molecular weight is 352 g/mol. The van der Waals surface area contributed by atoms with Gasteiger partial charge in [-0.25, -0.2) is 8.78 Å². The summed E-state index contributed by atoms with van der Waals surface area (Å²) >= 11 is 0. The topological polar surface area (TPSA) is 49.5 Å². The molecule has 2 fully saturated rings. The molecule has 2 aliphatic rings. The fourth-order valence-electron chi connectivity index (χ4n) is 4.41. The molecule has 25 heavy (non-hydrogen) atoms. The molecule has 1 heterocycles. The Labute approximate surface area is 149 Å². The number of nitrogens with two attached hydrogens (primary N) is 1. The van der Waals surface area contributed by atoms with E-state index < -0.39 is 11.5 Å². The minimum atomic E-state index is -2.87. The van der Waals surface area contributed by atoms with Crippen molar-refractivity contribution in [1.82, 2.24) is 4.90 Å². The molecule has 1 saturated heterocycles. The van der Waals surface area contributed by atoms with Crippen LogP contribution in [0.3, 0.4) is 0 Å². The summed E-state index contributed by atoms with van der Waals surface area (Å²) < 4.78 is 27.6. The minimum absolute atomic E-state index is 0.0209. The number of hydrogen-bond acceptors (Lipinski definition) is 3. The fraction of sp³-hybridized carbons (Fsp3) is 0.700. The lowest BCUT2D eigenvalue weighted by Gasteiger charge is -2.41. The summed E-state index contributed by atoms with van der Waals surface area (Å²) in [4.78, 5) is 2.28. The van der Waals surface area contributed by atoms with Crippen molar-refractivity contribution in [3.8, 4) is 0 Å². The van der Waals surface area contributed by atoms with E-state index in [-0.39, 0.29) is 17.5 Å². The molecule has 3 nitrogen and oxygen atoms in total. The third-order valence-electron chi connectivity index (χ3n) is 5.91. The van der Waals surface area contributed by atoms with Crippen molar-refractivity contribution in [3.05, 3.63) is 35.4 Å². The van der Waals surface area contributed by atoms with Crippen molar-refractivity contribution < 1.29 is 13.9 Å². The number of halogens is 2. The van der Waals surface area contributed by atoms with Gasteiger partial charge in [0.2, 0.25) is 0 Å². The van der Waals surface area contributed by atoms with Crippen molar-refractivity contribution in [2.24, 2.45) is 5.73 Å². The van der Waals surface area contributed by atoms with Crippen LogP contribution in [0.1, 0.15) is 62.5 Å². The van der Waals surface area contributed by atoms with Gasteiger partial charge in [0.1, 0.15) is 0 Å². The molecule has 0 spiro atoms. The van der Waals surface area contributed by atoms with Crippen LogP contribution < -0.4 is 5.73 Å². The van der Waals surface area contributed by atoms with Crippen molar-refractivity contribution in [2.75, 3.05) is 19.6 Å². The maximum absolute atomic E-state index is 13.8. The molecule has 3 rings (SSSR count). The van der Waals surface area contributed by atoms with Crippen LogP contribution in [-0.4, -0.2) is 41.3 Å². The number of hydrogen-bond donors (Lipinski definition) is 2. The molecule has 0 aromatic heterocycles. The Morgan fingerprint density at radius 1 is 1.32 bits per heavy atom. The van der Waals surface area contributed by atoms with Crippen LogP contribution in [0.2, 0.25) is 0 Å². The predicted octanol–water partition coefficient (Wildman–Crippen LogP) is 3.61. The first kappa shape index (κ1) is 18.7. The van der Waals surface area contributed by atoms with Gasteiger partial charge in [-0.3, -0.25) is 0 Å². The number of aliphatic hydroxyl groups is 1. The van der Waals surface area contributed by atoms with Gasteiger partial charge in [0.25, 0.3) is 5.92 Å². The van der Waals surface area contributed by atoms with Crippen LogP contribution in [0.15, 0.2) is 24.3 Å². The monoisotopic (exact) mass is 352 g/mol. The molecular formula is C20H30F2N2O. The highest BCUT2D eigenvalue weighted by Crippen LogP contribution is 2.42. The summed E-state index contributed by atoms with van der Waals surface area (Å²) in [6, 6.07) is 6.82. The lowest BCUT2D eigenvalue weighted by atomic mass is 9.72. The largest absolute Gasteiger partial charge is 0.389 e. The van der Waals surface area contributed by atoms with Gasteiger partial charge < -0.3 is 15.7 Å². The molecule has 140 valence electrons. The highest BCUT2D eigenvalue weighted by atomic mass is 19.3. The highest BCUT2D eigenvalue weighted by molar-refractivity contribution is 5.31. The molecule has 5 heteroatoms. The minimum Gasteiger partial charge on any atom is -0.389 e. The Morgan fingerprint density at radius 3 is 2.64 bits per heavy atom. The summed E-state index contributed by atoms with van der Waals surface area (Å²) in [5.74, 6) is -3.02. The number of benzene rings is 1. The fourth-order valence-corrected chi connectivity index (χ4v) is 4.41. The van der Waals surface area contributed by atoms with Gasteiger partial charge in [-0.15, -0.1) is 0 Å². The molecule has 1 aromatic rings. The van der Waals surface area contributed by atoms with Crippen LogP contribution in [0.5, 0.6) is 0 Å². The zero-order valence-corrected chi connectivity index (χ0v) is 15.1. The summed E-state index contributed by atoms with van der Waals surface area (Å²) in [7, 11) is 0. The smallest absolute Gasteiger partial charge is 0.270 e. The molecule has 1 saturated carbocycles. The Balaban J connectivity index is 1.90. The second-order valence-electron chi connectivity index (χ2n) is 8.04. The van der Waals surface area contributed by atoms with E-state index in [0.717, 1.165) is 64.1 Å². The first-order chi connectivity index (χ1) is 11.8. The van der Waals surface area contributed by atoms with Crippen LogP contribution in [0.4, 0.5) is 8.78 Å². The maximum atomic E-state index is 13.8. The van der Waals surface area contributed by atoms with E-state index >= 15 is 0 Å². The third kappa shape index (κ3) is 4.39. The normalized spacial score (nSPS) is 25.9. The molecule has 3 N–H and O–H groups in total. The Hall–Kier alpha value is -1.04. The van der Waals surface area contributed by atoms with Gasteiger partial charge in [0, 0.05) is 37.5 Å². The summed E-state index contributed by atoms with van der Waals surface area (Å²) in [6.07, 6.45) is 5.57. The van der Waals surface area contributed by atoms with Gasteiger partial charge >= 0.3 is 0 Å². The van der Waals surface area contributed by atoms with Gasteiger partial charge in [0.15, 0.2) is 0 Å². The second-order valence-corrected chi connectivity index (χ2v) is 8.04. The van der Waals surface area contributed by atoms with Gasteiger partial charge in [-0.05, 0) is 37.4 Å². The van der Waals surface area contributed by atoms with Crippen molar-refractivity contribution in [1.29, 1.82) is 0 Å². The van der Waals surface area contributed by atoms with Crippen LogP contribution in [0, 0.1) is 0 Å². The van der Waals surface area contributed by atoms with Crippen molar-refractivity contribution in [3.63, 3.8) is 0 Å². The van der Waals surface area contributed by atoms with Gasteiger partial charge in [-0.2, -0.15) is 0 Å². The van der Waals surface area contributed by atoms with Crippen LogP contribution in [0.25, 0.3) is 0 Å². The molecule has 2 atom stereocenters. The third-order valence-corrected chi connectivity index (χ3v) is 5.91. The summed E-state index contributed by atoms with van der Waals surface area (Å²) in [6.45, 7) is 3.34. The standard InChI is InChI=1S/C20H30F2N2O/c1-19(21,22)16-7-5-6-15(12-16)18(14-24-11-8-17(23)13-24)20(25)9-3-2-4-10-20/h5-7,12,17-18,25H,2-4,8-11,13-14,23H2,1H3/t17-,18?/m1/s1. The zero-order valence-electron chi connectivity index (χ0n) is 15.1. The first-order valence-electron chi connectivity index (χ1n) is 9.46. The Bertz CT molecular complexity index is 581. The lowest BCUT2D eigenvalue weighted by Crippen LogP contribution is -2.44. The highest BCUT2D eigenvalue weighted by Gasteiger charge is 2.40. The van der Waals surface area contributed by atoms with E-state index in [4.69, 9.17) is 5.73 Å². The molecule has 1 aromatic carbocycles.